The third kappa shape index (κ3) is 3.53. The van der Waals surface area contributed by atoms with Gasteiger partial charge in [0.2, 0.25) is 0 Å². The summed E-state index contributed by atoms with van der Waals surface area (Å²) in [6, 6.07) is 0. The first-order chi connectivity index (χ1) is 4.13. The Hall–Kier alpha value is 0.574. The van der Waals surface area contributed by atoms with Gasteiger partial charge in [0.25, 0.3) is 0 Å². The first-order valence-corrected chi connectivity index (χ1v) is 3.14. The summed E-state index contributed by atoms with van der Waals surface area (Å²) in [6.07, 6.45) is 3.19. The van der Waals surface area contributed by atoms with E-state index >= 15 is 0 Å². The standard InChI is InChI=1S/C8H12N.2ClH.Ti/c1-6-5-9(4)8(3)7(6)2;;;/h1-4H3;2*1H;/q-1;;;+3/p-2. The second-order valence-corrected chi connectivity index (χ2v) is 2.51. The van der Waals surface area contributed by atoms with Crippen molar-refractivity contribution in [3.63, 3.8) is 0 Å². The van der Waals surface area contributed by atoms with Crippen molar-refractivity contribution in [2.75, 3.05) is 0 Å². The molecule has 1 radical (unpaired) electrons. The van der Waals surface area contributed by atoms with E-state index in [2.05, 4.69) is 27.0 Å². The summed E-state index contributed by atoms with van der Waals surface area (Å²) in [5.41, 5.74) is 3.93. The number of rotatable bonds is 0. The van der Waals surface area contributed by atoms with E-state index in [1.165, 1.54) is 16.8 Å². The molecule has 0 fully saturated rings. The molecule has 4 heteroatoms. The van der Waals surface area contributed by atoms with E-state index in [4.69, 9.17) is 0 Å². The first-order valence-electron chi connectivity index (χ1n) is 3.14. The average Bonchev–Trinajstić information content (AvgIpc) is 1.98. The molecular weight excluding hydrogens is 229 g/mol. The van der Waals surface area contributed by atoms with E-state index in [1.807, 2.05) is 11.6 Å². The topological polar surface area (TPSA) is 4.93 Å². The van der Waals surface area contributed by atoms with Gasteiger partial charge in [0, 0.05) is 0 Å². The summed E-state index contributed by atoms with van der Waals surface area (Å²) >= 11 is 0. The van der Waals surface area contributed by atoms with Crippen LogP contribution in [0.25, 0.3) is 0 Å². The number of hydrogen-bond donors (Lipinski definition) is 0. The van der Waals surface area contributed by atoms with Gasteiger partial charge in [-0.2, -0.15) is 11.1 Å². The molecule has 12 heavy (non-hydrogen) atoms. The molecule has 0 saturated carbocycles. The molecule has 1 rings (SSSR count). The summed E-state index contributed by atoms with van der Waals surface area (Å²) in [6.45, 7) is 6.32. The van der Waals surface area contributed by atoms with Crippen molar-refractivity contribution >= 4 is 0 Å². The molecule has 1 aromatic heterocycles. The molecule has 0 aliphatic heterocycles. The van der Waals surface area contributed by atoms with Gasteiger partial charge < -0.3 is 29.4 Å². The average molecular weight is 241 g/mol. The van der Waals surface area contributed by atoms with Crippen molar-refractivity contribution in [3.8, 4) is 0 Å². The van der Waals surface area contributed by atoms with Crippen LogP contribution in [0.5, 0.6) is 0 Å². The van der Waals surface area contributed by atoms with Gasteiger partial charge in [0.1, 0.15) is 0 Å². The Morgan fingerprint density at radius 1 is 1.08 bits per heavy atom. The molecule has 67 valence electrons. The fourth-order valence-corrected chi connectivity index (χ4v) is 0.942. The predicted molar refractivity (Wildman–Crippen MR) is 38.5 cm³/mol. The predicted octanol–water partition coefficient (Wildman–Crippen LogP) is -4.24. The Morgan fingerprint density at radius 2 is 1.50 bits per heavy atom. The van der Waals surface area contributed by atoms with E-state index in [9.17, 15) is 0 Å². The molecule has 0 saturated heterocycles. The van der Waals surface area contributed by atoms with E-state index in [0.29, 0.717) is 0 Å². The Morgan fingerprint density at radius 3 is 1.58 bits per heavy atom. The van der Waals surface area contributed by atoms with Crippen LogP contribution in [0.2, 0.25) is 0 Å². The van der Waals surface area contributed by atoms with E-state index in [0.717, 1.165) is 0 Å². The van der Waals surface area contributed by atoms with Crippen molar-refractivity contribution in [1.29, 1.82) is 0 Å². The molecule has 0 spiro atoms. The maximum Gasteiger partial charge on any atom is 3.00 e. The zero-order valence-corrected chi connectivity index (χ0v) is 10.8. The summed E-state index contributed by atoms with van der Waals surface area (Å²) in [7, 11) is 2.02. The minimum atomic E-state index is 0. The van der Waals surface area contributed by atoms with Crippen LogP contribution in [0.3, 0.4) is 0 Å². The smallest absolute Gasteiger partial charge is 1.00 e. The van der Waals surface area contributed by atoms with E-state index in [1.54, 1.807) is 0 Å². The SMILES string of the molecule is Cc1[c-]n(C)c(C)c1C.[Cl-].[Cl-].[Ti+3]. The summed E-state index contributed by atoms with van der Waals surface area (Å²) < 4.78 is 2.03. The van der Waals surface area contributed by atoms with Crippen LogP contribution >= 0.6 is 0 Å². The van der Waals surface area contributed by atoms with E-state index < -0.39 is 0 Å². The van der Waals surface area contributed by atoms with Gasteiger partial charge in [-0.15, -0.1) is 11.9 Å². The van der Waals surface area contributed by atoms with Crippen molar-refractivity contribution in [2.45, 2.75) is 20.8 Å². The normalized spacial score (nSPS) is 7.67. The molecule has 1 aromatic rings. The molecule has 0 atom stereocenters. The van der Waals surface area contributed by atoms with Crippen molar-refractivity contribution in [2.24, 2.45) is 7.05 Å². The van der Waals surface area contributed by atoms with Crippen LogP contribution in [0.4, 0.5) is 0 Å². The van der Waals surface area contributed by atoms with Crippen molar-refractivity contribution in [3.05, 3.63) is 23.0 Å². The second-order valence-electron chi connectivity index (χ2n) is 2.51. The fraction of sp³-hybridized carbons (Fsp3) is 0.500. The third-order valence-corrected chi connectivity index (χ3v) is 1.94. The minimum Gasteiger partial charge on any atom is -1.00 e. The van der Waals surface area contributed by atoms with Crippen LogP contribution in [0, 0.1) is 27.0 Å². The van der Waals surface area contributed by atoms with E-state index in [-0.39, 0.29) is 46.5 Å². The summed E-state index contributed by atoms with van der Waals surface area (Å²) in [4.78, 5) is 0. The molecule has 0 aromatic carbocycles. The molecular formula is C8H12Cl2NTi. The Balaban J connectivity index is -0.000000270. The van der Waals surface area contributed by atoms with Crippen LogP contribution in [0.1, 0.15) is 16.8 Å². The van der Waals surface area contributed by atoms with Gasteiger partial charge in [0.05, 0.1) is 0 Å². The van der Waals surface area contributed by atoms with Gasteiger partial charge in [-0.3, -0.25) is 0 Å². The maximum absolute atomic E-state index is 3.19. The number of halogens is 2. The second kappa shape index (κ2) is 7.02. The molecule has 1 heterocycles. The molecule has 0 N–H and O–H groups in total. The number of aryl methyl sites for hydroxylation is 2. The summed E-state index contributed by atoms with van der Waals surface area (Å²) in [5, 5.41) is 0. The first kappa shape index (κ1) is 18.4. The fourth-order valence-electron chi connectivity index (χ4n) is 0.942. The maximum atomic E-state index is 3.19. The van der Waals surface area contributed by atoms with Crippen molar-refractivity contribution in [1.82, 2.24) is 4.57 Å². The zero-order valence-electron chi connectivity index (χ0n) is 7.70. The molecule has 0 unspecified atom stereocenters. The van der Waals surface area contributed by atoms with Gasteiger partial charge in [-0.1, -0.05) is 20.8 Å². The van der Waals surface area contributed by atoms with Crippen LogP contribution < -0.4 is 24.8 Å². The Kier molecular flexibility index (Phi) is 10.8. The number of aromatic nitrogens is 1. The third-order valence-electron chi connectivity index (χ3n) is 1.94. The quantitative estimate of drug-likeness (QED) is 0.320. The number of nitrogens with zero attached hydrogens (tertiary/aromatic N) is 1. The Labute approximate surface area is 102 Å². The van der Waals surface area contributed by atoms with Crippen LogP contribution in [-0.4, -0.2) is 4.57 Å². The molecule has 0 bridgehead atoms. The zero-order chi connectivity index (χ0) is 7.02. The van der Waals surface area contributed by atoms with Gasteiger partial charge in [-0.05, 0) is 7.05 Å². The molecule has 0 aliphatic carbocycles. The van der Waals surface area contributed by atoms with Gasteiger partial charge in [0.15, 0.2) is 0 Å². The molecule has 0 amide bonds. The summed E-state index contributed by atoms with van der Waals surface area (Å²) in [5.74, 6) is 0. The molecule has 1 nitrogen and oxygen atoms in total. The van der Waals surface area contributed by atoms with Crippen molar-refractivity contribution < 1.29 is 46.5 Å². The monoisotopic (exact) mass is 240 g/mol. The Bertz CT molecular complexity index is 211. The minimum absolute atomic E-state index is 0. The van der Waals surface area contributed by atoms with Crippen LogP contribution in [-0.2, 0) is 28.8 Å². The van der Waals surface area contributed by atoms with Crippen LogP contribution in [0.15, 0.2) is 0 Å². The number of hydrogen-bond acceptors (Lipinski definition) is 0. The van der Waals surface area contributed by atoms with Gasteiger partial charge >= 0.3 is 21.7 Å². The van der Waals surface area contributed by atoms with Gasteiger partial charge in [-0.25, -0.2) is 0 Å². The molecule has 0 aliphatic rings. The largest absolute Gasteiger partial charge is 3.00 e.